The minimum Gasteiger partial charge on any atom is -0.444 e. The zero-order valence-corrected chi connectivity index (χ0v) is 13.6. The SMILES string of the molecule is CC(C)CCN=C(N)NCCc1coc(-c2ccc(F)cc2)n1. The normalized spacial score (nSPS) is 11.9. The van der Waals surface area contributed by atoms with Crippen molar-refractivity contribution in [2.75, 3.05) is 13.1 Å². The minimum atomic E-state index is -0.281. The Morgan fingerprint density at radius 1 is 1.35 bits per heavy atom. The molecule has 0 radical (unpaired) electrons. The van der Waals surface area contributed by atoms with E-state index in [0.717, 1.165) is 24.2 Å². The maximum Gasteiger partial charge on any atom is 0.226 e. The fourth-order valence-electron chi connectivity index (χ4n) is 1.96. The summed E-state index contributed by atoms with van der Waals surface area (Å²) in [7, 11) is 0. The van der Waals surface area contributed by atoms with Gasteiger partial charge in [-0.3, -0.25) is 4.99 Å². The van der Waals surface area contributed by atoms with Crippen LogP contribution in [0.3, 0.4) is 0 Å². The van der Waals surface area contributed by atoms with Gasteiger partial charge >= 0.3 is 0 Å². The number of aromatic nitrogens is 1. The molecule has 5 nitrogen and oxygen atoms in total. The Labute approximate surface area is 135 Å². The van der Waals surface area contributed by atoms with E-state index in [2.05, 4.69) is 29.1 Å². The van der Waals surface area contributed by atoms with Gasteiger partial charge in [-0.15, -0.1) is 0 Å². The van der Waals surface area contributed by atoms with Crippen molar-refractivity contribution < 1.29 is 8.81 Å². The molecule has 2 rings (SSSR count). The summed E-state index contributed by atoms with van der Waals surface area (Å²) in [4.78, 5) is 8.64. The van der Waals surface area contributed by atoms with Crippen molar-refractivity contribution in [2.24, 2.45) is 16.6 Å². The van der Waals surface area contributed by atoms with E-state index in [4.69, 9.17) is 10.2 Å². The lowest BCUT2D eigenvalue weighted by molar-refractivity contribution is 0.571. The van der Waals surface area contributed by atoms with Crippen LogP contribution in [0.2, 0.25) is 0 Å². The highest BCUT2D eigenvalue weighted by Crippen LogP contribution is 2.18. The summed E-state index contributed by atoms with van der Waals surface area (Å²) in [6.45, 7) is 5.67. The Kier molecular flexibility index (Phi) is 6.14. The largest absolute Gasteiger partial charge is 0.444 e. The lowest BCUT2D eigenvalue weighted by Gasteiger charge is -2.05. The molecule has 0 spiro atoms. The molecule has 1 heterocycles. The van der Waals surface area contributed by atoms with Gasteiger partial charge in [0.25, 0.3) is 0 Å². The number of benzene rings is 1. The van der Waals surface area contributed by atoms with Crippen molar-refractivity contribution in [3.05, 3.63) is 42.0 Å². The molecule has 124 valence electrons. The third-order valence-corrected chi connectivity index (χ3v) is 3.32. The first-order valence-corrected chi connectivity index (χ1v) is 7.78. The summed E-state index contributed by atoms with van der Waals surface area (Å²) in [6.07, 6.45) is 3.30. The second-order valence-corrected chi connectivity index (χ2v) is 5.78. The molecule has 0 aliphatic heterocycles. The Bertz CT molecular complexity index is 634. The standard InChI is InChI=1S/C17H23FN4O/c1-12(2)7-9-20-17(19)21-10-8-15-11-23-16(22-15)13-3-5-14(18)6-4-13/h3-6,11-12H,7-10H2,1-2H3,(H3,19,20,21). The molecule has 0 atom stereocenters. The van der Waals surface area contributed by atoms with Crippen molar-refractivity contribution in [1.29, 1.82) is 0 Å². The van der Waals surface area contributed by atoms with Crippen LogP contribution < -0.4 is 11.1 Å². The highest BCUT2D eigenvalue weighted by molar-refractivity contribution is 5.77. The Balaban J connectivity index is 1.80. The molecule has 0 saturated carbocycles. The first-order chi connectivity index (χ1) is 11.0. The van der Waals surface area contributed by atoms with E-state index in [1.54, 1.807) is 18.4 Å². The Morgan fingerprint density at radius 3 is 2.78 bits per heavy atom. The molecule has 0 amide bonds. The maximum atomic E-state index is 12.9. The van der Waals surface area contributed by atoms with Crippen LogP contribution >= 0.6 is 0 Å². The smallest absolute Gasteiger partial charge is 0.226 e. The first-order valence-electron chi connectivity index (χ1n) is 7.78. The van der Waals surface area contributed by atoms with Crippen LogP contribution in [-0.4, -0.2) is 24.0 Å². The van der Waals surface area contributed by atoms with Gasteiger partial charge in [-0.2, -0.15) is 0 Å². The van der Waals surface area contributed by atoms with Crippen molar-refractivity contribution in [2.45, 2.75) is 26.7 Å². The highest BCUT2D eigenvalue weighted by atomic mass is 19.1. The van der Waals surface area contributed by atoms with Crippen LogP contribution in [0.4, 0.5) is 4.39 Å². The van der Waals surface area contributed by atoms with E-state index >= 15 is 0 Å². The summed E-state index contributed by atoms with van der Waals surface area (Å²) < 4.78 is 18.3. The molecule has 0 unspecified atom stereocenters. The summed E-state index contributed by atoms with van der Waals surface area (Å²) in [5, 5.41) is 3.06. The molecule has 2 aromatic rings. The molecule has 1 aromatic carbocycles. The van der Waals surface area contributed by atoms with Crippen molar-refractivity contribution in [1.82, 2.24) is 10.3 Å². The Hall–Kier alpha value is -2.37. The summed E-state index contributed by atoms with van der Waals surface area (Å²) in [5.41, 5.74) is 7.36. The molecule has 6 heteroatoms. The van der Waals surface area contributed by atoms with Crippen molar-refractivity contribution >= 4 is 5.96 Å². The summed E-state index contributed by atoms with van der Waals surface area (Å²) in [5.74, 6) is 1.27. The van der Waals surface area contributed by atoms with Gasteiger partial charge in [0.2, 0.25) is 5.89 Å². The van der Waals surface area contributed by atoms with Gasteiger partial charge in [0.1, 0.15) is 12.1 Å². The van der Waals surface area contributed by atoms with Crippen LogP contribution in [0, 0.1) is 11.7 Å². The molecule has 0 fully saturated rings. The van der Waals surface area contributed by atoms with E-state index in [1.165, 1.54) is 12.1 Å². The average Bonchev–Trinajstić information content (AvgIpc) is 2.96. The van der Waals surface area contributed by atoms with Gasteiger partial charge in [-0.25, -0.2) is 9.37 Å². The van der Waals surface area contributed by atoms with Gasteiger partial charge in [-0.1, -0.05) is 13.8 Å². The number of halogens is 1. The molecular weight excluding hydrogens is 295 g/mol. The van der Waals surface area contributed by atoms with Crippen LogP contribution in [-0.2, 0) is 6.42 Å². The number of aliphatic imine (C=N–C) groups is 1. The van der Waals surface area contributed by atoms with Crippen LogP contribution in [0.25, 0.3) is 11.5 Å². The van der Waals surface area contributed by atoms with Crippen LogP contribution in [0.5, 0.6) is 0 Å². The number of hydrogen-bond donors (Lipinski definition) is 2. The average molecular weight is 318 g/mol. The third kappa shape index (κ3) is 5.73. The fraction of sp³-hybridized carbons (Fsp3) is 0.412. The topological polar surface area (TPSA) is 76.4 Å². The van der Waals surface area contributed by atoms with Gasteiger partial charge in [-0.05, 0) is 36.6 Å². The molecule has 3 N–H and O–H groups in total. The number of hydrogen-bond acceptors (Lipinski definition) is 3. The van der Waals surface area contributed by atoms with Gasteiger partial charge < -0.3 is 15.5 Å². The monoisotopic (exact) mass is 318 g/mol. The molecule has 23 heavy (non-hydrogen) atoms. The lowest BCUT2D eigenvalue weighted by atomic mass is 10.1. The predicted octanol–water partition coefficient (Wildman–Crippen LogP) is 2.97. The predicted molar refractivity (Wildman–Crippen MR) is 89.5 cm³/mol. The number of oxazole rings is 1. The Morgan fingerprint density at radius 2 is 2.09 bits per heavy atom. The summed E-state index contributed by atoms with van der Waals surface area (Å²) in [6, 6.07) is 6.05. The zero-order chi connectivity index (χ0) is 16.7. The second kappa shape index (κ2) is 8.31. The quantitative estimate of drug-likeness (QED) is 0.608. The van der Waals surface area contributed by atoms with E-state index in [-0.39, 0.29) is 5.82 Å². The van der Waals surface area contributed by atoms with Crippen LogP contribution in [0.15, 0.2) is 39.9 Å². The van der Waals surface area contributed by atoms with Gasteiger partial charge in [0.05, 0.1) is 5.69 Å². The van der Waals surface area contributed by atoms with Crippen LogP contribution in [0.1, 0.15) is 26.0 Å². The lowest BCUT2D eigenvalue weighted by Crippen LogP contribution is -2.33. The van der Waals surface area contributed by atoms with E-state index in [0.29, 0.717) is 30.7 Å². The number of rotatable bonds is 7. The third-order valence-electron chi connectivity index (χ3n) is 3.32. The van der Waals surface area contributed by atoms with Gasteiger partial charge in [0, 0.05) is 25.1 Å². The minimum absolute atomic E-state index is 0.281. The second-order valence-electron chi connectivity index (χ2n) is 5.78. The van der Waals surface area contributed by atoms with E-state index < -0.39 is 0 Å². The fourth-order valence-corrected chi connectivity index (χ4v) is 1.96. The van der Waals surface area contributed by atoms with Crippen molar-refractivity contribution in [3.8, 4) is 11.5 Å². The van der Waals surface area contributed by atoms with E-state index in [9.17, 15) is 4.39 Å². The first kappa shape index (κ1) is 17.0. The number of nitrogens with two attached hydrogens (primary N) is 1. The highest BCUT2D eigenvalue weighted by Gasteiger charge is 2.06. The molecular formula is C17H23FN4O. The molecule has 0 aliphatic rings. The molecule has 0 aliphatic carbocycles. The number of nitrogens with one attached hydrogen (secondary N) is 1. The van der Waals surface area contributed by atoms with Crippen molar-refractivity contribution in [3.63, 3.8) is 0 Å². The molecule has 0 bridgehead atoms. The molecule has 1 aromatic heterocycles. The summed E-state index contributed by atoms with van der Waals surface area (Å²) >= 11 is 0. The number of nitrogens with zero attached hydrogens (tertiary/aromatic N) is 2. The maximum absolute atomic E-state index is 12.9. The number of guanidine groups is 1. The zero-order valence-electron chi connectivity index (χ0n) is 13.6. The van der Waals surface area contributed by atoms with E-state index in [1.807, 2.05) is 0 Å². The van der Waals surface area contributed by atoms with Gasteiger partial charge in [0.15, 0.2) is 5.96 Å². The molecule has 0 saturated heterocycles.